The number of nitrogens with zero attached hydrogens (tertiary/aromatic N) is 1. The number of carbonyl (C=O) groups is 1. The van der Waals surface area contributed by atoms with E-state index in [0.717, 1.165) is 5.75 Å². The van der Waals surface area contributed by atoms with Gasteiger partial charge in [-0.25, -0.2) is 0 Å². The van der Waals surface area contributed by atoms with Crippen molar-refractivity contribution in [2.24, 2.45) is 4.99 Å². The van der Waals surface area contributed by atoms with Gasteiger partial charge in [0.05, 0.1) is 20.1 Å². The van der Waals surface area contributed by atoms with E-state index >= 15 is 0 Å². The van der Waals surface area contributed by atoms with E-state index < -0.39 is 0 Å². The van der Waals surface area contributed by atoms with Crippen molar-refractivity contribution in [1.29, 1.82) is 0 Å². The number of benzene rings is 1. The number of hydrogen-bond donors (Lipinski definition) is 2. The predicted molar refractivity (Wildman–Crippen MR) is 77.9 cm³/mol. The summed E-state index contributed by atoms with van der Waals surface area (Å²) in [6, 6.07) is 9.61. The van der Waals surface area contributed by atoms with Crippen molar-refractivity contribution < 1.29 is 14.3 Å². The maximum absolute atomic E-state index is 11.0. The number of methoxy groups -OCH3 is 1. The lowest BCUT2D eigenvalue weighted by molar-refractivity contribution is -0.140. The number of rotatable bonds is 7. The van der Waals surface area contributed by atoms with Crippen LogP contribution in [0.5, 0.6) is 5.75 Å². The Hall–Kier alpha value is -2.24. The number of esters is 1. The zero-order valence-corrected chi connectivity index (χ0v) is 11.9. The molecule has 20 heavy (non-hydrogen) atoms. The molecule has 0 radical (unpaired) electrons. The molecule has 0 bridgehead atoms. The van der Waals surface area contributed by atoms with E-state index in [9.17, 15) is 4.79 Å². The minimum Gasteiger partial charge on any atom is -0.492 e. The Morgan fingerprint density at radius 2 is 1.90 bits per heavy atom. The van der Waals surface area contributed by atoms with Crippen LogP contribution in [0.1, 0.15) is 6.42 Å². The zero-order valence-electron chi connectivity index (χ0n) is 11.9. The van der Waals surface area contributed by atoms with Gasteiger partial charge in [0.2, 0.25) is 0 Å². The molecule has 6 heteroatoms. The molecule has 0 saturated heterocycles. The first-order valence-electron chi connectivity index (χ1n) is 6.45. The van der Waals surface area contributed by atoms with Crippen molar-refractivity contribution in [3.63, 3.8) is 0 Å². The number of aliphatic imine (C=N–C) groups is 1. The Bertz CT molecular complexity index is 421. The highest BCUT2D eigenvalue weighted by Crippen LogP contribution is 2.07. The first-order valence-corrected chi connectivity index (χ1v) is 6.45. The maximum Gasteiger partial charge on any atom is 0.307 e. The summed E-state index contributed by atoms with van der Waals surface area (Å²) in [5.41, 5.74) is 0. The molecule has 0 aliphatic heterocycles. The van der Waals surface area contributed by atoms with Gasteiger partial charge in [-0.15, -0.1) is 0 Å². The van der Waals surface area contributed by atoms with E-state index in [-0.39, 0.29) is 5.97 Å². The lowest BCUT2D eigenvalue weighted by Gasteiger charge is -2.12. The lowest BCUT2D eigenvalue weighted by atomic mass is 10.3. The third-order valence-electron chi connectivity index (χ3n) is 2.48. The standard InChI is InChI=1S/C14H21N3O3/c1-15-14(16-9-8-13(18)19-2)17-10-11-20-12-6-4-3-5-7-12/h3-7H,8-11H2,1-2H3,(H2,15,16,17). The van der Waals surface area contributed by atoms with Crippen molar-refractivity contribution in [2.45, 2.75) is 6.42 Å². The second-order valence-corrected chi connectivity index (χ2v) is 3.91. The first kappa shape index (κ1) is 15.8. The number of hydrogen-bond acceptors (Lipinski definition) is 4. The van der Waals surface area contributed by atoms with E-state index in [1.165, 1.54) is 7.11 Å². The van der Waals surface area contributed by atoms with E-state index in [1.807, 2.05) is 30.3 Å². The van der Waals surface area contributed by atoms with E-state index in [2.05, 4.69) is 20.4 Å². The molecular formula is C14H21N3O3. The largest absolute Gasteiger partial charge is 0.492 e. The van der Waals surface area contributed by atoms with E-state index in [4.69, 9.17) is 4.74 Å². The van der Waals surface area contributed by atoms with Crippen LogP contribution in [0.2, 0.25) is 0 Å². The third-order valence-corrected chi connectivity index (χ3v) is 2.48. The Morgan fingerprint density at radius 1 is 1.20 bits per heavy atom. The fourth-order valence-corrected chi connectivity index (χ4v) is 1.46. The van der Waals surface area contributed by atoms with Crippen LogP contribution in [0.15, 0.2) is 35.3 Å². The molecule has 0 heterocycles. The maximum atomic E-state index is 11.0. The second-order valence-electron chi connectivity index (χ2n) is 3.91. The Labute approximate surface area is 119 Å². The van der Waals surface area contributed by atoms with Gasteiger partial charge in [-0.1, -0.05) is 18.2 Å². The Kier molecular flexibility index (Phi) is 7.64. The van der Waals surface area contributed by atoms with Crippen LogP contribution < -0.4 is 15.4 Å². The van der Waals surface area contributed by atoms with Crippen LogP contribution in [0.25, 0.3) is 0 Å². The Morgan fingerprint density at radius 3 is 2.55 bits per heavy atom. The molecule has 0 aliphatic rings. The van der Waals surface area contributed by atoms with Gasteiger partial charge in [-0.2, -0.15) is 0 Å². The van der Waals surface area contributed by atoms with Gasteiger partial charge < -0.3 is 20.1 Å². The number of nitrogens with one attached hydrogen (secondary N) is 2. The van der Waals surface area contributed by atoms with Crippen molar-refractivity contribution in [2.75, 3.05) is 33.9 Å². The number of guanidine groups is 1. The molecule has 0 atom stereocenters. The molecule has 1 aromatic carbocycles. The molecule has 6 nitrogen and oxygen atoms in total. The molecule has 2 N–H and O–H groups in total. The monoisotopic (exact) mass is 279 g/mol. The Balaban J connectivity index is 2.14. The molecule has 110 valence electrons. The summed E-state index contributed by atoms with van der Waals surface area (Å²) >= 11 is 0. The van der Waals surface area contributed by atoms with Crippen LogP contribution >= 0.6 is 0 Å². The van der Waals surface area contributed by atoms with Crippen molar-refractivity contribution in [3.8, 4) is 5.75 Å². The highest BCUT2D eigenvalue weighted by atomic mass is 16.5. The van der Waals surface area contributed by atoms with Crippen LogP contribution in [0.4, 0.5) is 0 Å². The summed E-state index contributed by atoms with van der Waals surface area (Å²) in [6.45, 7) is 1.63. The predicted octanol–water partition coefficient (Wildman–Crippen LogP) is 0.793. The third kappa shape index (κ3) is 6.63. The molecular weight excluding hydrogens is 258 g/mol. The summed E-state index contributed by atoms with van der Waals surface area (Å²) in [5, 5.41) is 6.11. The fourth-order valence-electron chi connectivity index (χ4n) is 1.46. The van der Waals surface area contributed by atoms with Gasteiger partial charge in [-0.05, 0) is 12.1 Å². The average molecular weight is 279 g/mol. The highest BCUT2D eigenvalue weighted by molar-refractivity contribution is 5.80. The number of ether oxygens (including phenoxy) is 2. The van der Waals surface area contributed by atoms with Crippen molar-refractivity contribution in [3.05, 3.63) is 30.3 Å². The summed E-state index contributed by atoms with van der Waals surface area (Å²) in [6.07, 6.45) is 0.303. The van der Waals surface area contributed by atoms with Gasteiger partial charge in [-0.3, -0.25) is 9.79 Å². The molecule has 0 aliphatic carbocycles. The van der Waals surface area contributed by atoms with Gasteiger partial charge >= 0.3 is 5.97 Å². The zero-order chi connectivity index (χ0) is 14.6. The topological polar surface area (TPSA) is 72.0 Å². The molecule has 0 spiro atoms. The quantitative estimate of drug-likeness (QED) is 0.334. The van der Waals surface area contributed by atoms with E-state index in [1.54, 1.807) is 7.05 Å². The molecule has 0 aromatic heterocycles. The summed E-state index contributed by atoms with van der Waals surface area (Å²) in [7, 11) is 3.04. The second kappa shape index (κ2) is 9.66. The highest BCUT2D eigenvalue weighted by Gasteiger charge is 2.01. The molecule has 1 aromatic rings. The van der Waals surface area contributed by atoms with Crippen LogP contribution in [-0.4, -0.2) is 45.8 Å². The minimum absolute atomic E-state index is 0.250. The fraction of sp³-hybridized carbons (Fsp3) is 0.429. The summed E-state index contributed by atoms with van der Waals surface area (Å²) in [5.74, 6) is 1.22. The van der Waals surface area contributed by atoms with Gasteiger partial charge in [0.15, 0.2) is 5.96 Å². The van der Waals surface area contributed by atoms with Crippen LogP contribution in [0, 0.1) is 0 Å². The van der Waals surface area contributed by atoms with Gasteiger partial charge in [0, 0.05) is 13.6 Å². The normalized spacial score (nSPS) is 10.8. The van der Waals surface area contributed by atoms with Crippen molar-refractivity contribution in [1.82, 2.24) is 10.6 Å². The minimum atomic E-state index is -0.250. The summed E-state index contributed by atoms with van der Waals surface area (Å²) in [4.78, 5) is 15.0. The molecule has 0 saturated carbocycles. The van der Waals surface area contributed by atoms with Gasteiger partial charge in [0.1, 0.15) is 12.4 Å². The molecule has 0 unspecified atom stereocenters. The molecule has 1 rings (SSSR count). The first-order chi connectivity index (χ1) is 9.76. The van der Waals surface area contributed by atoms with Gasteiger partial charge in [0.25, 0.3) is 0 Å². The smallest absolute Gasteiger partial charge is 0.307 e. The molecule has 0 fully saturated rings. The lowest BCUT2D eigenvalue weighted by Crippen LogP contribution is -2.40. The average Bonchev–Trinajstić information content (AvgIpc) is 2.50. The number of para-hydroxylation sites is 1. The van der Waals surface area contributed by atoms with Crippen LogP contribution in [0.3, 0.4) is 0 Å². The van der Waals surface area contributed by atoms with Crippen molar-refractivity contribution >= 4 is 11.9 Å². The number of carbonyl (C=O) groups excluding carboxylic acids is 1. The molecule has 0 amide bonds. The summed E-state index contributed by atoms with van der Waals surface area (Å²) < 4.78 is 10.1. The van der Waals surface area contributed by atoms with Crippen LogP contribution in [-0.2, 0) is 9.53 Å². The SMILES string of the molecule is CN=C(NCCOc1ccccc1)NCCC(=O)OC. The van der Waals surface area contributed by atoms with E-state index in [0.29, 0.717) is 32.1 Å².